The largest absolute Gasteiger partial charge is 0.288 e. The van der Waals surface area contributed by atoms with Gasteiger partial charge in [0, 0.05) is 5.56 Å². The van der Waals surface area contributed by atoms with E-state index in [4.69, 9.17) is 5.21 Å². The van der Waals surface area contributed by atoms with E-state index in [0.29, 0.717) is 5.56 Å². The Kier molecular flexibility index (Phi) is 5.40. The number of benzene rings is 1. The van der Waals surface area contributed by atoms with E-state index < -0.39 is 5.91 Å². The summed E-state index contributed by atoms with van der Waals surface area (Å²) in [6, 6.07) is 7.49. The number of hydrogen-bond donors (Lipinski definition) is 2. The van der Waals surface area contributed by atoms with Crippen LogP contribution in [0.3, 0.4) is 0 Å². The standard InChI is InChI=1S/C16H23NO2/c18-16(17-19)15-11-9-14(10-12-15)8-4-7-13-5-2-1-3-6-13/h9-13,19H,1-8H2,(H,17,18). The summed E-state index contributed by atoms with van der Waals surface area (Å²) in [4.78, 5) is 11.2. The van der Waals surface area contributed by atoms with Crippen LogP contribution in [0.2, 0.25) is 0 Å². The molecule has 0 bridgehead atoms. The summed E-state index contributed by atoms with van der Waals surface area (Å²) in [5, 5.41) is 8.54. The van der Waals surface area contributed by atoms with Crippen molar-refractivity contribution < 1.29 is 10.0 Å². The Morgan fingerprint density at radius 3 is 2.47 bits per heavy atom. The molecule has 0 atom stereocenters. The van der Waals surface area contributed by atoms with Crippen molar-refractivity contribution in [2.75, 3.05) is 0 Å². The summed E-state index contributed by atoms with van der Waals surface area (Å²) in [6.07, 6.45) is 10.7. The van der Waals surface area contributed by atoms with E-state index in [0.717, 1.165) is 12.3 Å². The van der Waals surface area contributed by atoms with Crippen molar-refractivity contribution in [3.05, 3.63) is 35.4 Å². The Morgan fingerprint density at radius 2 is 1.84 bits per heavy atom. The van der Waals surface area contributed by atoms with Gasteiger partial charge in [-0.2, -0.15) is 0 Å². The normalized spacial score (nSPS) is 16.3. The molecule has 0 radical (unpaired) electrons. The highest BCUT2D eigenvalue weighted by Crippen LogP contribution is 2.27. The number of aryl methyl sites for hydroxylation is 1. The van der Waals surface area contributed by atoms with Crippen LogP contribution in [0.4, 0.5) is 0 Å². The maximum atomic E-state index is 11.2. The first-order valence-corrected chi connectivity index (χ1v) is 7.33. The number of nitrogens with one attached hydrogen (secondary N) is 1. The summed E-state index contributed by atoms with van der Waals surface area (Å²) in [6.45, 7) is 0. The molecule has 3 nitrogen and oxygen atoms in total. The summed E-state index contributed by atoms with van der Waals surface area (Å²) in [5.74, 6) is 0.488. The van der Waals surface area contributed by atoms with E-state index in [1.807, 2.05) is 12.1 Å². The Bertz CT molecular complexity index is 394. The molecule has 0 spiro atoms. The minimum atomic E-state index is -0.450. The van der Waals surface area contributed by atoms with Crippen LogP contribution < -0.4 is 5.48 Å². The van der Waals surface area contributed by atoms with Gasteiger partial charge in [0.15, 0.2) is 0 Å². The predicted octanol–water partition coefficient (Wildman–Crippen LogP) is 3.71. The summed E-state index contributed by atoms with van der Waals surface area (Å²) in [7, 11) is 0. The molecule has 0 aliphatic heterocycles. The van der Waals surface area contributed by atoms with Gasteiger partial charge in [-0.3, -0.25) is 10.0 Å². The van der Waals surface area contributed by atoms with E-state index >= 15 is 0 Å². The van der Waals surface area contributed by atoms with E-state index in [1.54, 1.807) is 17.6 Å². The van der Waals surface area contributed by atoms with Gasteiger partial charge >= 0.3 is 0 Å². The van der Waals surface area contributed by atoms with Crippen LogP contribution in [-0.2, 0) is 6.42 Å². The molecular weight excluding hydrogens is 238 g/mol. The molecular formula is C16H23NO2. The Labute approximate surface area is 115 Å². The van der Waals surface area contributed by atoms with Crippen LogP contribution in [-0.4, -0.2) is 11.1 Å². The highest BCUT2D eigenvalue weighted by Gasteiger charge is 2.12. The van der Waals surface area contributed by atoms with Gasteiger partial charge in [0.25, 0.3) is 5.91 Å². The number of carbonyl (C=O) groups is 1. The second kappa shape index (κ2) is 7.29. The molecule has 1 aromatic rings. The van der Waals surface area contributed by atoms with Gasteiger partial charge in [0.2, 0.25) is 0 Å². The zero-order valence-electron chi connectivity index (χ0n) is 11.4. The second-order valence-corrected chi connectivity index (χ2v) is 5.53. The molecule has 1 amide bonds. The highest BCUT2D eigenvalue weighted by molar-refractivity contribution is 5.93. The molecule has 0 aromatic heterocycles. The lowest BCUT2D eigenvalue weighted by Gasteiger charge is -2.21. The van der Waals surface area contributed by atoms with Gasteiger partial charge in [-0.1, -0.05) is 50.7 Å². The molecule has 104 valence electrons. The van der Waals surface area contributed by atoms with Gasteiger partial charge < -0.3 is 0 Å². The topological polar surface area (TPSA) is 49.3 Å². The minimum Gasteiger partial charge on any atom is -0.288 e. The van der Waals surface area contributed by atoms with Crippen LogP contribution in [0.15, 0.2) is 24.3 Å². The Hall–Kier alpha value is -1.35. The van der Waals surface area contributed by atoms with Crippen molar-refractivity contribution in [1.29, 1.82) is 0 Å². The third-order valence-corrected chi connectivity index (χ3v) is 4.12. The van der Waals surface area contributed by atoms with E-state index in [9.17, 15) is 4.79 Å². The van der Waals surface area contributed by atoms with Crippen LogP contribution in [0.1, 0.15) is 60.9 Å². The molecule has 0 saturated heterocycles. The fourth-order valence-electron chi connectivity index (χ4n) is 2.96. The number of carbonyl (C=O) groups excluding carboxylic acids is 1. The van der Waals surface area contributed by atoms with Gasteiger partial charge in [-0.15, -0.1) is 0 Å². The Morgan fingerprint density at radius 1 is 1.16 bits per heavy atom. The summed E-state index contributed by atoms with van der Waals surface area (Å²) in [5.41, 5.74) is 3.42. The average molecular weight is 261 g/mol. The third kappa shape index (κ3) is 4.35. The first kappa shape index (κ1) is 14.1. The maximum absolute atomic E-state index is 11.2. The van der Waals surface area contributed by atoms with Crippen molar-refractivity contribution in [3.8, 4) is 0 Å². The zero-order valence-corrected chi connectivity index (χ0v) is 11.4. The molecule has 2 N–H and O–H groups in total. The fourth-order valence-corrected chi connectivity index (χ4v) is 2.96. The van der Waals surface area contributed by atoms with Gasteiger partial charge in [-0.25, -0.2) is 5.48 Å². The van der Waals surface area contributed by atoms with E-state index in [-0.39, 0.29) is 0 Å². The van der Waals surface area contributed by atoms with Crippen molar-refractivity contribution >= 4 is 5.91 Å². The lowest BCUT2D eigenvalue weighted by molar-refractivity contribution is 0.0706. The number of hydroxylamine groups is 1. The minimum absolute atomic E-state index is 0.450. The van der Waals surface area contributed by atoms with Gasteiger partial charge in [0.05, 0.1) is 0 Å². The molecule has 1 aromatic carbocycles. The van der Waals surface area contributed by atoms with Crippen LogP contribution in [0.25, 0.3) is 0 Å². The molecule has 1 fully saturated rings. The first-order chi connectivity index (χ1) is 9.29. The van der Waals surface area contributed by atoms with Gasteiger partial charge in [0.1, 0.15) is 0 Å². The number of rotatable bonds is 5. The van der Waals surface area contributed by atoms with Gasteiger partial charge in [-0.05, 0) is 36.5 Å². The summed E-state index contributed by atoms with van der Waals surface area (Å²) < 4.78 is 0. The lowest BCUT2D eigenvalue weighted by atomic mass is 9.85. The van der Waals surface area contributed by atoms with Crippen molar-refractivity contribution in [3.63, 3.8) is 0 Å². The van der Waals surface area contributed by atoms with Crippen molar-refractivity contribution in [2.24, 2.45) is 5.92 Å². The molecule has 19 heavy (non-hydrogen) atoms. The van der Waals surface area contributed by atoms with E-state index in [2.05, 4.69) is 0 Å². The SMILES string of the molecule is O=C(NO)c1ccc(CCCC2CCCCC2)cc1. The molecule has 1 saturated carbocycles. The molecule has 2 rings (SSSR count). The smallest absolute Gasteiger partial charge is 0.274 e. The van der Waals surface area contributed by atoms with Crippen LogP contribution in [0.5, 0.6) is 0 Å². The zero-order chi connectivity index (χ0) is 13.5. The fraction of sp³-hybridized carbons (Fsp3) is 0.562. The quantitative estimate of drug-likeness (QED) is 0.627. The van der Waals surface area contributed by atoms with Crippen LogP contribution >= 0.6 is 0 Å². The molecule has 1 aliphatic carbocycles. The summed E-state index contributed by atoms with van der Waals surface area (Å²) >= 11 is 0. The van der Waals surface area contributed by atoms with Crippen molar-refractivity contribution in [2.45, 2.75) is 51.4 Å². The number of amides is 1. The van der Waals surface area contributed by atoms with Crippen molar-refractivity contribution in [1.82, 2.24) is 5.48 Å². The Balaban J connectivity index is 1.75. The monoisotopic (exact) mass is 261 g/mol. The maximum Gasteiger partial charge on any atom is 0.274 e. The lowest BCUT2D eigenvalue weighted by Crippen LogP contribution is -2.18. The third-order valence-electron chi connectivity index (χ3n) is 4.12. The number of hydrogen-bond acceptors (Lipinski definition) is 2. The average Bonchev–Trinajstić information content (AvgIpc) is 2.48. The molecule has 1 aliphatic rings. The molecule has 0 heterocycles. The highest BCUT2D eigenvalue weighted by atomic mass is 16.5. The first-order valence-electron chi connectivity index (χ1n) is 7.33. The van der Waals surface area contributed by atoms with E-state index in [1.165, 1.54) is 50.5 Å². The molecule has 0 unspecified atom stereocenters. The predicted molar refractivity (Wildman–Crippen MR) is 75.2 cm³/mol. The molecule has 3 heteroatoms. The van der Waals surface area contributed by atoms with Crippen LogP contribution in [0, 0.1) is 5.92 Å². The second-order valence-electron chi connectivity index (χ2n) is 5.53.